The van der Waals surface area contributed by atoms with E-state index in [-0.39, 0.29) is 5.91 Å². The van der Waals surface area contributed by atoms with E-state index < -0.39 is 0 Å². The van der Waals surface area contributed by atoms with E-state index in [4.69, 9.17) is 11.6 Å². The van der Waals surface area contributed by atoms with Gasteiger partial charge in [0.15, 0.2) is 0 Å². The predicted octanol–water partition coefficient (Wildman–Crippen LogP) is 2.26. The SMILES string of the molecule is C[C@H]1CCC[NH+](C2CCN(C(=O)c3cccc(Cl)c3)CC2)C1. The molecule has 22 heavy (non-hydrogen) atoms. The molecule has 0 spiro atoms. The van der Waals surface area contributed by atoms with Gasteiger partial charge in [0.1, 0.15) is 0 Å². The van der Waals surface area contributed by atoms with Gasteiger partial charge in [-0.05, 0) is 31.0 Å². The predicted molar refractivity (Wildman–Crippen MR) is 89.5 cm³/mol. The Morgan fingerprint density at radius 1 is 1.27 bits per heavy atom. The average molecular weight is 322 g/mol. The van der Waals surface area contributed by atoms with E-state index in [0.29, 0.717) is 10.6 Å². The summed E-state index contributed by atoms with van der Waals surface area (Å²) in [5.74, 6) is 0.984. The van der Waals surface area contributed by atoms with Crippen LogP contribution in [0.3, 0.4) is 0 Å². The molecule has 1 N–H and O–H groups in total. The van der Waals surface area contributed by atoms with Crippen molar-refractivity contribution >= 4 is 17.5 Å². The second-order valence-electron chi connectivity index (χ2n) is 6.94. The number of carbonyl (C=O) groups excluding carboxylic acids is 1. The number of hydrogen-bond donors (Lipinski definition) is 1. The van der Waals surface area contributed by atoms with E-state index in [0.717, 1.165) is 37.9 Å². The van der Waals surface area contributed by atoms with Gasteiger partial charge in [-0.1, -0.05) is 24.6 Å². The molecule has 3 rings (SSSR count). The number of carbonyl (C=O) groups is 1. The number of halogens is 1. The van der Waals surface area contributed by atoms with Gasteiger partial charge in [-0.15, -0.1) is 0 Å². The molecular formula is C18H26ClN2O+. The number of hydrogen-bond acceptors (Lipinski definition) is 1. The fourth-order valence-corrected chi connectivity index (χ4v) is 4.19. The van der Waals surface area contributed by atoms with E-state index in [1.54, 1.807) is 11.0 Å². The molecule has 0 radical (unpaired) electrons. The molecule has 2 aliphatic rings. The zero-order valence-corrected chi connectivity index (χ0v) is 14.1. The first-order valence-electron chi connectivity index (χ1n) is 8.53. The highest BCUT2D eigenvalue weighted by atomic mass is 35.5. The van der Waals surface area contributed by atoms with Crippen molar-refractivity contribution in [1.29, 1.82) is 0 Å². The van der Waals surface area contributed by atoms with E-state index in [1.165, 1.54) is 25.9 Å². The first kappa shape index (κ1) is 15.8. The lowest BCUT2D eigenvalue weighted by Gasteiger charge is -2.39. The van der Waals surface area contributed by atoms with Crippen LogP contribution in [0, 0.1) is 5.92 Å². The smallest absolute Gasteiger partial charge is 0.253 e. The minimum Gasteiger partial charge on any atom is -0.338 e. The van der Waals surface area contributed by atoms with E-state index in [2.05, 4.69) is 6.92 Å². The maximum atomic E-state index is 12.5. The summed E-state index contributed by atoms with van der Waals surface area (Å²) >= 11 is 5.99. The number of quaternary nitrogens is 1. The Morgan fingerprint density at radius 3 is 2.73 bits per heavy atom. The van der Waals surface area contributed by atoms with Gasteiger partial charge in [0.05, 0.1) is 19.1 Å². The summed E-state index contributed by atoms with van der Waals surface area (Å²) in [6, 6.07) is 8.03. The number of nitrogens with zero attached hydrogens (tertiary/aromatic N) is 1. The van der Waals surface area contributed by atoms with Gasteiger partial charge in [-0.3, -0.25) is 4.79 Å². The molecule has 2 aliphatic heterocycles. The van der Waals surface area contributed by atoms with Crippen molar-refractivity contribution in [3.63, 3.8) is 0 Å². The molecule has 1 unspecified atom stereocenters. The Morgan fingerprint density at radius 2 is 2.05 bits per heavy atom. The van der Waals surface area contributed by atoms with Crippen LogP contribution in [-0.4, -0.2) is 43.0 Å². The summed E-state index contributed by atoms with van der Waals surface area (Å²) in [6.45, 7) is 6.77. The molecule has 1 amide bonds. The highest BCUT2D eigenvalue weighted by Crippen LogP contribution is 2.17. The van der Waals surface area contributed by atoms with Crippen LogP contribution in [0.2, 0.25) is 5.02 Å². The highest BCUT2D eigenvalue weighted by molar-refractivity contribution is 6.30. The van der Waals surface area contributed by atoms with E-state index in [1.807, 2.05) is 23.1 Å². The fourth-order valence-electron chi connectivity index (χ4n) is 3.99. The van der Waals surface area contributed by atoms with Crippen LogP contribution in [-0.2, 0) is 0 Å². The maximum absolute atomic E-state index is 12.5. The van der Waals surface area contributed by atoms with Gasteiger partial charge in [0.25, 0.3) is 5.91 Å². The monoisotopic (exact) mass is 321 g/mol. The number of piperidine rings is 2. The summed E-state index contributed by atoms with van der Waals surface area (Å²) in [5.41, 5.74) is 0.713. The van der Waals surface area contributed by atoms with Crippen LogP contribution < -0.4 is 4.90 Å². The fraction of sp³-hybridized carbons (Fsp3) is 0.611. The van der Waals surface area contributed by atoms with E-state index in [9.17, 15) is 4.79 Å². The zero-order valence-electron chi connectivity index (χ0n) is 13.4. The maximum Gasteiger partial charge on any atom is 0.253 e. The second-order valence-corrected chi connectivity index (χ2v) is 7.37. The van der Waals surface area contributed by atoms with Gasteiger partial charge < -0.3 is 9.80 Å². The van der Waals surface area contributed by atoms with Crippen molar-refractivity contribution in [2.45, 2.75) is 38.6 Å². The summed E-state index contributed by atoms with van der Waals surface area (Å²) < 4.78 is 0. The van der Waals surface area contributed by atoms with Crippen molar-refractivity contribution in [2.75, 3.05) is 26.2 Å². The third kappa shape index (κ3) is 3.64. The molecule has 2 fully saturated rings. The summed E-state index contributed by atoms with van der Waals surface area (Å²) in [5, 5.41) is 0.632. The van der Waals surface area contributed by atoms with Gasteiger partial charge in [0, 0.05) is 42.4 Å². The van der Waals surface area contributed by atoms with Crippen molar-refractivity contribution in [3.8, 4) is 0 Å². The molecule has 0 saturated carbocycles. The quantitative estimate of drug-likeness (QED) is 0.888. The normalized spacial score (nSPS) is 26.9. The molecule has 1 aromatic rings. The Kier molecular flexibility index (Phi) is 5.04. The average Bonchev–Trinajstić information content (AvgIpc) is 2.54. The zero-order chi connectivity index (χ0) is 15.5. The van der Waals surface area contributed by atoms with Crippen LogP contribution in [0.1, 0.15) is 43.0 Å². The van der Waals surface area contributed by atoms with Crippen molar-refractivity contribution < 1.29 is 9.69 Å². The second kappa shape index (κ2) is 7.01. The third-order valence-electron chi connectivity index (χ3n) is 5.24. The van der Waals surface area contributed by atoms with Crippen molar-refractivity contribution in [3.05, 3.63) is 34.9 Å². The van der Waals surface area contributed by atoms with Gasteiger partial charge in [-0.25, -0.2) is 0 Å². The Bertz CT molecular complexity index is 526. The first-order valence-corrected chi connectivity index (χ1v) is 8.90. The first-order chi connectivity index (χ1) is 10.6. The van der Waals surface area contributed by atoms with Gasteiger partial charge >= 0.3 is 0 Å². The minimum absolute atomic E-state index is 0.128. The molecule has 2 heterocycles. The number of benzene rings is 1. The minimum atomic E-state index is 0.128. The third-order valence-corrected chi connectivity index (χ3v) is 5.47. The number of amides is 1. The molecule has 0 aromatic heterocycles. The Balaban J connectivity index is 1.56. The molecule has 120 valence electrons. The lowest BCUT2D eigenvalue weighted by molar-refractivity contribution is -0.934. The summed E-state index contributed by atoms with van der Waals surface area (Å²) in [7, 11) is 0. The Hall–Kier alpha value is -1.06. The number of likely N-dealkylation sites (tertiary alicyclic amines) is 2. The van der Waals surface area contributed by atoms with Crippen LogP contribution in [0.15, 0.2) is 24.3 Å². The lowest BCUT2D eigenvalue weighted by atomic mass is 9.95. The van der Waals surface area contributed by atoms with Crippen LogP contribution >= 0.6 is 11.6 Å². The largest absolute Gasteiger partial charge is 0.338 e. The van der Waals surface area contributed by atoms with Gasteiger partial charge in [0.2, 0.25) is 0 Å². The summed E-state index contributed by atoms with van der Waals surface area (Å²) in [6.07, 6.45) is 5.01. The molecule has 1 aromatic carbocycles. The highest BCUT2D eigenvalue weighted by Gasteiger charge is 2.32. The number of nitrogens with one attached hydrogen (secondary N) is 1. The molecule has 4 heteroatoms. The molecular weight excluding hydrogens is 296 g/mol. The topological polar surface area (TPSA) is 24.8 Å². The molecule has 0 aliphatic carbocycles. The van der Waals surface area contributed by atoms with Crippen LogP contribution in [0.25, 0.3) is 0 Å². The molecule has 3 nitrogen and oxygen atoms in total. The molecule has 0 bridgehead atoms. The lowest BCUT2D eigenvalue weighted by Crippen LogP contribution is -3.17. The summed E-state index contributed by atoms with van der Waals surface area (Å²) in [4.78, 5) is 16.3. The standard InChI is InChI=1S/C18H25ClN2O/c1-14-4-3-9-21(13-14)17-7-10-20(11-8-17)18(22)15-5-2-6-16(19)12-15/h2,5-6,12,14,17H,3-4,7-11,13H2,1H3/p+1/t14-/m0/s1. The molecule has 2 atom stereocenters. The van der Waals surface area contributed by atoms with Crippen LogP contribution in [0.5, 0.6) is 0 Å². The number of rotatable bonds is 2. The van der Waals surface area contributed by atoms with Crippen molar-refractivity contribution in [2.24, 2.45) is 5.92 Å². The van der Waals surface area contributed by atoms with E-state index >= 15 is 0 Å². The Labute approximate surface area is 138 Å². The molecule has 2 saturated heterocycles. The van der Waals surface area contributed by atoms with Crippen LogP contribution in [0.4, 0.5) is 0 Å². The van der Waals surface area contributed by atoms with Gasteiger partial charge in [-0.2, -0.15) is 0 Å². The van der Waals surface area contributed by atoms with Crippen molar-refractivity contribution in [1.82, 2.24) is 4.90 Å².